The Morgan fingerprint density at radius 1 is 1.03 bits per heavy atom. The van der Waals surface area contributed by atoms with Gasteiger partial charge in [-0.25, -0.2) is 9.18 Å². The third-order valence-electron chi connectivity index (χ3n) is 5.66. The Balaban J connectivity index is 1.61. The van der Waals surface area contributed by atoms with Crippen molar-refractivity contribution in [1.82, 2.24) is 9.80 Å². The smallest absolute Gasteiger partial charge is 0.322 e. The van der Waals surface area contributed by atoms with Gasteiger partial charge in [0.25, 0.3) is 0 Å². The summed E-state index contributed by atoms with van der Waals surface area (Å²) in [5.41, 5.74) is 2.36. The van der Waals surface area contributed by atoms with E-state index in [0.717, 1.165) is 16.9 Å². The van der Waals surface area contributed by atoms with Crippen LogP contribution in [0.2, 0.25) is 0 Å². The number of methoxy groups -OCH3 is 1. The molecule has 0 spiro atoms. The molecule has 7 heteroatoms. The van der Waals surface area contributed by atoms with Crippen LogP contribution < -0.4 is 10.1 Å². The minimum absolute atomic E-state index is 0.0865. The summed E-state index contributed by atoms with van der Waals surface area (Å²) in [4.78, 5) is 29.5. The molecule has 1 atom stereocenters. The lowest BCUT2D eigenvalue weighted by Gasteiger charge is -2.34. The van der Waals surface area contributed by atoms with Crippen molar-refractivity contribution >= 4 is 17.6 Å². The number of amides is 3. The number of nitrogens with one attached hydrogen (secondary N) is 1. The highest BCUT2D eigenvalue weighted by Crippen LogP contribution is 2.28. The summed E-state index contributed by atoms with van der Waals surface area (Å²) >= 11 is 0. The second kappa shape index (κ2) is 10.7. The van der Waals surface area contributed by atoms with Crippen molar-refractivity contribution in [2.24, 2.45) is 0 Å². The molecule has 4 rings (SSSR count). The first-order valence-corrected chi connectivity index (χ1v) is 11.0. The lowest BCUT2D eigenvalue weighted by Crippen LogP contribution is -2.46. The van der Waals surface area contributed by atoms with Crippen LogP contribution in [0.4, 0.5) is 14.9 Å². The van der Waals surface area contributed by atoms with Crippen molar-refractivity contribution in [3.05, 3.63) is 108 Å². The normalized spacial score (nSPS) is 17.0. The van der Waals surface area contributed by atoms with E-state index in [-0.39, 0.29) is 36.9 Å². The summed E-state index contributed by atoms with van der Waals surface area (Å²) in [6.07, 6.45) is 3.81. The highest BCUT2D eigenvalue weighted by molar-refractivity contribution is 5.92. The summed E-state index contributed by atoms with van der Waals surface area (Å²) in [5.74, 6) is 0.176. The van der Waals surface area contributed by atoms with Crippen molar-refractivity contribution in [2.45, 2.75) is 12.6 Å². The molecule has 1 heterocycles. The molecular formula is C27H26FN3O3. The zero-order chi connectivity index (χ0) is 23.9. The van der Waals surface area contributed by atoms with Gasteiger partial charge in [0, 0.05) is 18.8 Å². The van der Waals surface area contributed by atoms with E-state index in [1.807, 2.05) is 54.6 Å². The molecule has 0 unspecified atom stereocenters. The fourth-order valence-electron chi connectivity index (χ4n) is 3.84. The van der Waals surface area contributed by atoms with Gasteiger partial charge in [-0.15, -0.1) is 0 Å². The minimum atomic E-state index is -0.353. The Morgan fingerprint density at radius 2 is 1.74 bits per heavy atom. The zero-order valence-electron chi connectivity index (χ0n) is 18.9. The molecule has 1 aliphatic rings. The van der Waals surface area contributed by atoms with Crippen molar-refractivity contribution in [2.75, 3.05) is 25.5 Å². The van der Waals surface area contributed by atoms with Gasteiger partial charge in [0.15, 0.2) is 0 Å². The maximum atomic E-state index is 13.5. The molecule has 3 aromatic carbocycles. The molecule has 0 fully saturated rings. The fraction of sp³-hybridized carbons (Fsp3) is 0.185. The number of para-hydroxylation sites is 1. The summed E-state index contributed by atoms with van der Waals surface area (Å²) in [7, 11) is 1.60. The van der Waals surface area contributed by atoms with Crippen molar-refractivity contribution in [3.63, 3.8) is 0 Å². The Labute approximate surface area is 198 Å². The second-order valence-corrected chi connectivity index (χ2v) is 7.97. The number of hydrogen-bond donors (Lipinski definition) is 1. The van der Waals surface area contributed by atoms with Crippen molar-refractivity contribution in [1.29, 1.82) is 0 Å². The number of urea groups is 1. The highest BCUT2D eigenvalue weighted by Gasteiger charge is 2.28. The molecular weight excluding hydrogens is 433 g/mol. The van der Waals surface area contributed by atoms with Gasteiger partial charge >= 0.3 is 6.03 Å². The topological polar surface area (TPSA) is 61.9 Å². The molecule has 174 valence electrons. The lowest BCUT2D eigenvalue weighted by atomic mass is 10.0. The van der Waals surface area contributed by atoms with Gasteiger partial charge in [-0.1, -0.05) is 54.6 Å². The van der Waals surface area contributed by atoms with Crippen LogP contribution in [0.1, 0.15) is 17.2 Å². The molecule has 0 aromatic heterocycles. The number of anilines is 1. The first kappa shape index (κ1) is 23.0. The Morgan fingerprint density at radius 3 is 2.41 bits per heavy atom. The molecule has 0 radical (unpaired) electrons. The molecule has 0 bridgehead atoms. The largest absolute Gasteiger partial charge is 0.497 e. The molecule has 0 aliphatic carbocycles. The van der Waals surface area contributed by atoms with Crippen LogP contribution in [0.25, 0.3) is 0 Å². The third-order valence-corrected chi connectivity index (χ3v) is 5.66. The SMILES string of the molecule is COc1ccc([C@H]2/C=C\CN(C(=O)Nc3ccccc3)CC(=O)N2Cc2ccc(F)cc2)cc1. The summed E-state index contributed by atoms with van der Waals surface area (Å²) in [6.45, 7) is 0.479. The van der Waals surface area contributed by atoms with E-state index >= 15 is 0 Å². The summed E-state index contributed by atoms with van der Waals surface area (Å²) < 4.78 is 18.7. The van der Waals surface area contributed by atoms with E-state index < -0.39 is 0 Å². The molecule has 1 N–H and O–H groups in total. The van der Waals surface area contributed by atoms with Crippen LogP contribution in [-0.2, 0) is 11.3 Å². The van der Waals surface area contributed by atoms with E-state index in [9.17, 15) is 14.0 Å². The number of carbonyl (C=O) groups excluding carboxylic acids is 2. The van der Waals surface area contributed by atoms with Gasteiger partial charge in [-0.3, -0.25) is 4.79 Å². The number of carbonyl (C=O) groups is 2. The molecule has 6 nitrogen and oxygen atoms in total. The summed E-state index contributed by atoms with van der Waals surface area (Å²) in [5, 5.41) is 2.83. The van der Waals surface area contributed by atoms with Gasteiger partial charge in [0.05, 0.1) is 13.2 Å². The Bertz CT molecular complexity index is 1150. The Hall–Kier alpha value is -4.13. The van der Waals surface area contributed by atoms with Crippen LogP contribution >= 0.6 is 0 Å². The number of ether oxygens (including phenoxy) is 1. The standard InChI is InChI=1S/C27H26FN3O3/c1-34-24-15-11-21(12-16-24)25-8-5-17-30(27(33)29-23-6-3-2-4-7-23)19-26(32)31(25)18-20-9-13-22(28)14-10-20/h2-16,25H,17-19H2,1H3,(H,29,33)/b8-5-/t25-/m1/s1. The molecule has 0 saturated heterocycles. The minimum Gasteiger partial charge on any atom is -0.497 e. The van der Waals surface area contributed by atoms with Gasteiger partial charge in [-0.2, -0.15) is 0 Å². The van der Waals surface area contributed by atoms with Gasteiger partial charge < -0.3 is 19.9 Å². The third kappa shape index (κ3) is 5.61. The average Bonchev–Trinajstić information content (AvgIpc) is 2.85. The predicted octanol–water partition coefficient (Wildman–Crippen LogP) is 5.01. The fourth-order valence-corrected chi connectivity index (χ4v) is 3.84. The number of rotatable bonds is 5. The summed E-state index contributed by atoms with van der Waals surface area (Å²) in [6, 6.07) is 22.0. The van der Waals surface area contributed by atoms with E-state index in [4.69, 9.17) is 4.74 Å². The molecule has 34 heavy (non-hydrogen) atoms. The van der Waals surface area contributed by atoms with E-state index in [1.54, 1.807) is 36.3 Å². The van der Waals surface area contributed by atoms with Crippen molar-refractivity contribution < 1.29 is 18.7 Å². The predicted molar refractivity (Wildman–Crippen MR) is 129 cm³/mol. The van der Waals surface area contributed by atoms with E-state index in [0.29, 0.717) is 12.2 Å². The maximum Gasteiger partial charge on any atom is 0.322 e. The first-order valence-electron chi connectivity index (χ1n) is 11.0. The highest BCUT2D eigenvalue weighted by atomic mass is 19.1. The number of halogens is 1. The van der Waals surface area contributed by atoms with Gasteiger partial charge in [0.1, 0.15) is 18.1 Å². The number of hydrogen-bond acceptors (Lipinski definition) is 3. The molecule has 1 aliphatic heterocycles. The molecule has 0 saturated carbocycles. The van der Waals surface area contributed by atoms with Crippen LogP contribution in [0.3, 0.4) is 0 Å². The van der Waals surface area contributed by atoms with E-state index in [1.165, 1.54) is 17.0 Å². The average molecular weight is 460 g/mol. The molecule has 3 aromatic rings. The van der Waals surface area contributed by atoms with Gasteiger partial charge in [0.2, 0.25) is 5.91 Å². The lowest BCUT2D eigenvalue weighted by molar-refractivity contribution is -0.134. The Kier molecular flexibility index (Phi) is 7.22. The van der Waals surface area contributed by atoms with Crippen LogP contribution in [-0.4, -0.2) is 41.9 Å². The number of benzene rings is 3. The van der Waals surface area contributed by atoms with E-state index in [2.05, 4.69) is 5.32 Å². The van der Waals surface area contributed by atoms with Crippen molar-refractivity contribution in [3.8, 4) is 5.75 Å². The number of nitrogens with zero attached hydrogens (tertiary/aromatic N) is 2. The van der Waals surface area contributed by atoms with Crippen LogP contribution in [0.15, 0.2) is 91.0 Å². The van der Waals surface area contributed by atoms with Crippen LogP contribution in [0.5, 0.6) is 5.75 Å². The quantitative estimate of drug-likeness (QED) is 0.546. The maximum absolute atomic E-state index is 13.5. The zero-order valence-corrected chi connectivity index (χ0v) is 18.9. The molecule has 3 amide bonds. The second-order valence-electron chi connectivity index (χ2n) is 7.97. The first-order chi connectivity index (χ1) is 16.5. The van der Waals surface area contributed by atoms with Gasteiger partial charge in [-0.05, 0) is 47.5 Å². The van der Waals surface area contributed by atoms with Crippen LogP contribution in [0, 0.1) is 5.82 Å². The monoisotopic (exact) mass is 459 g/mol.